The Morgan fingerprint density at radius 3 is 0.731 bits per heavy atom. The van der Waals surface area contributed by atoms with Crippen LogP contribution in [0.5, 0.6) is 0 Å². The molecule has 2 unspecified atom stereocenters. The third-order valence-electron chi connectivity index (χ3n) is 17.3. The van der Waals surface area contributed by atoms with E-state index in [1.54, 1.807) is 0 Å². The minimum Gasteiger partial charge on any atom is -0.462 e. The summed E-state index contributed by atoms with van der Waals surface area (Å²) >= 11 is 0. The maximum Gasteiger partial charge on any atom is 0.472 e. The Hall–Kier alpha value is -1.94. The second kappa shape index (κ2) is 67.3. The quantitative estimate of drug-likeness (QED) is 0.0222. The van der Waals surface area contributed by atoms with E-state index in [-0.39, 0.29) is 25.7 Å². The van der Waals surface area contributed by atoms with Gasteiger partial charge in [0.1, 0.15) is 19.3 Å². The lowest BCUT2D eigenvalue weighted by atomic mass is 10.0. The lowest BCUT2D eigenvalue weighted by Crippen LogP contribution is -2.30. The molecule has 0 rings (SSSR count). The van der Waals surface area contributed by atoms with E-state index in [0.29, 0.717) is 25.7 Å². The van der Waals surface area contributed by atoms with Gasteiger partial charge in [0, 0.05) is 25.7 Å². The van der Waals surface area contributed by atoms with Gasteiger partial charge in [-0.2, -0.15) is 0 Å². The number of phosphoric ester groups is 2. The van der Waals surface area contributed by atoms with Crippen LogP contribution in [0.4, 0.5) is 0 Å². The highest BCUT2D eigenvalue weighted by molar-refractivity contribution is 7.47. The molecule has 17 nitrogen and oxygen atoms in total. The first-order chi connectivity index (χ1) is 45.0. The molecule has 0 heterocycles. The van der Waals surface area contributed by atoms with Gasteiger partial charge in [0.05, 0.1) is 26.4 Å². The Bertz CT molecular complexity index is 1790. The van der Waals surface area contributed by atoms with Crippen molar-refractivity contribution in [1.29, 1.82) is 0 Å². The van der Waals surface area contributed by atoms with Crippen molar-refractivity contribution in [2.45, 2.75) is 406 Å². The molecule has 0 radical (unpaired) electrons. The monoisotopic (exact) mass is 1370 g/mol. The summed E-state index contributed by atoms with van der Waals surface area (Å²) in [5.74, 6) is -1.34. The number of carbonyl (C=O) groups excluding carboxylic acids is 4. The Kier molecular flexibility index (Phi) is 65.9. The first-order valence-corrected chi connectivity index (χ1v) is 41.6. The summed E-state index contributed by atoms with van der Waals surface area (Å²) in [5, 5.41) is 10.6. The van der Waals surface area contributed by atoms with Gasteiger partial charge in [0.25, 0.3) is 0 Å². The van der Waals surface area contributed by atoms with Crippen molar-refractivity contribution in [2.24, 2.45) is 5.92 Å². The van der Waals surface area contributed by atoms with Crippen LogP contribution in [-0.4, -0.2) is 96.7 Å². The molecular weight excluding hydrogens is 1220 g/mol. The fourth-order valence-corrected chi connectivity index (χ4v) is 12.9. The van der Waals surface area contributed by atoms with Crippen LogP contribution in [0.25, 0.3) is 0 Å². The fourth-order valence-electron chi connectivity index (χ4n) is 11.4. The minimum absolute atomic E-state index is 0.107. The number of carbonyl (C=O) groups is 4. The third-order valence-corrected chi connectivity index (χ3v) is 19.2. The third kappa shape index (κ3) is 68.4. The topological polar surface area (TPSA) is 237 Å². The lowest BCUT2D eigenvalue weighted by molar-refractivity contribution is -0.161. The highest BCUT2D eigenvalue weighted by Crippen LogP contribution is 2.45. The van der Waals surface area contributed by atoms with Crippen molar-refractivity contribution in [3.8, 4) is 0 Å². The van der Waals surface area contributed by atoms with Gasteiger partial charge in [-0.05, 0) is 31.6 Å². The van der Waals surface area contributed by atoms with E-state index in [9.17, 15) is 43.2 Å². The van der Waals surface area contributed by atoms with Crippen molar-refractivity contribution in [2.75, 3.05) is 39.6 Å². The van der Waals surface area contributed by atoms with E-state index >= 15 is 0 Å². The molecule has 552 valence electrons. The molecule has 93 heavy (non-hydrogen) atoms. The smallest absolute Gasteiger partial charge is 0.462 e. The molecule has 3 N–H and O–H groups in total. The first kappa shape index (κ1) is 91.1. The number of esters is 4. The second-order valence-electron chi connectivity index (χ2n) is 27.2. The Morgan fingerprint density at radius 2 is 0.495 bits per heavy atom. The zero-order valence-electron chi connectivity index (χ0n) is 60.4. The summed E-state index contributed by atoms with van der Waals surface area (Å²) in [5.41, 5.74) is 0. The van der Waals surface area contributed by atoms with Gasteiger partial charge in [-0.1, -0.05) is 336 Å². The number of aliphatic hydroxyl groups excluding tert-OH is 1. The number of rotatable bonds is 74. The molecule has 0 fully saturated rings. The predicted octanol–water partition coefficient (Wildman–Crippen LogP) is 21.7. The SMILES string of the molecule is CCCCCCCCCCCCCCCCCCCC(=O)O[C@H](COC(=O)CCCCCCCCCCCCCC(C)C)COP(=O)(O)OC[C@@H](O)COP(=O)(O)OC[C@@H](COC(=O)CCCCCCCCCCCCC)OC(=O)CCCCCCCCCCCCC. The molecule has 0 saturated heterocycles. The highest BCUT2D eigenvalue weighted by atomic mass is 31.2. The van der Waals surface area contributed by atoms with Gasteiger partial charge in [-0.25, -0.2) is 9.13 Å². The van der Waals surface area contributed by atoms with Gasteiger partial charge in [-0.15, -0.1) is 0 Å². The largest absolute Gasteiger partial charge is 0.472 e. The maximum absolute atomic E-state index is 13.1. The summed E-state index contributed by atoms with van der Waals surface area (Å²) in [6, 6.07) is 0. The highest BCUT2D eigenvalue weighted by Gasteiger charge is 2.30. The number of aliphatic hydroxyl groups is 1. The molecule has 0 aliphatic rings. The standard InChI is InChI=1S/C74H144O17P2/c1-6-9-12-15-18-21-24-25-26-27-28-29-34-40-45-50-55-60-74(79)91-70(64-85-72(77)58-53-48-43-38-35-30-33-36-41-46-51-56-67(4)5)66-89-93(82,83)87-62-68(75)61-86-92(80,81)88-65-69(90-73(78)59-54-49-44-39-32-23-20-17-14-11-8-3)63-84-71(76)57-52-47-42-37-31-22-19-16-13-10-7-2/h67-70,75H,6-66H2,1-5H3,(H,80,81)(H,82,83)/t68-,69+,70+/m0/s1. The summed E-state index contributed by atoms with van der Waals surface area (Å²) in [6.45, 7) is 7.28. The molecule has 0 spiro atoms. The van der Waals surface area contributed by atoms with E-state index in [0.717, 1.165) is 95.8 Å². The molecule has 19 heteroatoms. The van der Waals surface area contributed by atoms with Crippen LogP contribution in [0.3, 0.4) is 0 Å². The van der Waals surface area contributed by atoms with Gasteiger partial charge < -0.3 is 33.8 Å². The molecular formula is C74H144O17P2. The molecule has 0 aromatic rings. The number of phosphoric acid groups is 2. The van der Waals surface area contributed by atoms with Crippen LogP contribution >= 0.6 is 15.6 Å². The second-order valence-corrected chi connectivity index (χ2v) is 30.1. The van der Waals surface area contributed by atoms with Gasteiger partial charge in [0.2, 0.25) is 0 Å². The molecule has 0 aliphatic carbocycles. The van der Waals surface area contributed by atoms with E-state index in [1.807, 2.05) is 0 Å². The molecule has 0 saturated carbocycles. The number of hydrogen-bond donors (Lipinski definition) is 3. The number of ether oxygens (including phenoxy) is 4. The summed E-state index contributed by atoms with van der Waals surface area (Å²) in [6.07, 6.45) is 55.3. The summed E-state index contributed by atoms with van der Waals surface area (Å²) in [4.78, 5) is 72.7. The molecule has 0 bridgehead atoms. The first-order valence-electron chi connectivity index (χ1n) is 38.6. The van der Waals surface area contributed by atoms with Crippen molar-refractivity contribution < 1.29 is 80.2 Å². The van der Waals surface area contributed by atoms with Crippen molar-refractivity contribution >= 4 is 39.5 Å². The zero-order chi connectivity index (χ0) is 68.4. The van der Waals surface area contributed by atoms with Crippen LogP contribution in [-0.2, 0) is 65.4 Å². The Balaban J connectivity index is 5.24. The molecule has 0 aliphatic heterocycles. The van der Waals surface area contributed by atoms with Crippen LogP contribution in [0, 0.1) is 5.92 Å². The minimum atomic E-state index is -4.95. The van der Waals surface area contributed by atoms with E-state index < -0.39 is 97.5 Å². The lowest BCUT2D eigenvalue weighted by Gasteiger charge is -2.21. The summed E-state index contributed by atoms with van der Waals surface area (Å²) in [7, 11) is -9.90. The normalized spacial score (nSPS) is 14.0. The average molecular weight is 1370 g/mol. The van der Waals surface area contributed by atoms with Gasteiger partial charge >= 0.3 is 39.5 Å². The predicted molar refractivity (Wildman–Crippen MR) is 377 cm³/mol. The van der Waals surface area contributed by atoms with E-state index in [1.165, 1.54) is 212 Å². The summed E-state index contributed by atoms with van der Waals surface area (Å²) < 4.78 is 68.4. The van der Waals surface area contributed by atoms with Crippen LogP contribution in [0.2, 0.25) is 0 Å². The zero-order valence-corrected chi connectivity index (χ0v) is 62.2. The van der Waals surface area contributed by atoms with E-state index in [2.05, 4.69) is 34.6 Å². The van der Waals surface area contributed by atoms with Crippen molar-refractivity contribution in [3.63, 3.8) is 0 Å². The van der Waals surface area contributed by atoms with Gasteiger partial charge in [-0.3, -0.25) is 37.3 Å². The van der Waals surface area contributed by atoms with Crippen LogP contribution in [0.1, 0.15) is 388 Å². The van der Waals surface area contributed by atoms with Crippen molar-refractivity contribution in [1.82, 2.24) is 0 Å². The van der Waals surface area contributed by atoms with Crippen LogP contribution < -0.4 is 0 Å². The molecule has 0 aromatic carbocycles. The average Bonchev–Trinajstić information content (AvgIpc) is 3.75. The fraction of sp³-hybridized carbons (Fsp3) is 0.946. The number of hydrogen-bond acceptors (Lipinski definition) is 15. The molecule has 0 amide bonds. The Labute approximate surface area is 568 Å². The molecule has 5 atom stereocenters. The Morgan fingerprint density at radius 1 is 0.290 bits per heavy atom. The number of unbranched alkanes of at least 4 members (excludes halogenated alkanes) is 46. The molecule has 0 aromatic heterocycles. The van der Waals surface area contributed by atoms with E-state index in [4.69, 9.17) is 37.0 Å². The maximum atomic E-state index is 13.1. The van der Waals surface area contributed by atoms with Crippen molar-refractivity contribution in [3.05, 3.63) is 0 Å². The van der Waals surface area contributed by atoms with Gasteiger partial charge in [0.15, 0.2) is 12.2 Å². The van der Waals surface area contributed by atoms with Crippen LogP contribution in [0.15, 0.2) is 0 Å².